The lowest BCUT2D eigenvalue weighted by molar-refractivity contribution is -0.364. The van der Waals surface area contributed by atoms with Gasteiger partial charge in [-0.2, -0.15) is 0 Å². The Balaban J connectivity index is 1.46. The third-order valence-electron chi connectivity index (χ3n) is 4.20. The van der Waals surface area contributed by atoms with E-state index >= 15 is 0 Å². The molecule has 0 bridgehead atoms. The molecule has 1 fully saturated rings. The summed E-state index contributed by atoms with van der Waals surface area (Å²) in [5, 5.41) is 4.17. The number of nitrogens with zero attached hydrogens (tertiary/aromatic N) is 2. The molecule has 0 unspecified atom stereocenters. The number of benzene rings is 1. The first-order chi connectivity index (χ1) is 11.8. The second kappa shape index (κ2) is 7.97. The minimum atomic E-state index is 0.732. The number of ether oxygens (including phenoxy) is 1. The standard InChI is InChI=1S/C18H22N4OS/c1-23-16-7-5-15(6-8-16)14-20-18(24)22-12-10-21(11-13-22)17-4-2-3-9-19-17/h2-9H,10-14H2,1H3,(H,20,24)/p+1. The lowest BCUT2D eigenvalue weighted by Gasteiger charge is -2.32. The Kier molecular flexibility index (Phi) is 5.48. The fourth-order valence-corrected chi connectivity index (χ4v) is 3.02. The topological polar surface area (TPSA) is 41.9 Å². The van der Waals surface area contributed by atoms with Crippen LogP contribution in [0.3, 0.4) is 0 Å². The van der Waals surface area contributed by atoms with Gasteiger partial charge in [0.05, 0.1) is 26.4 Å². The highest BCUT2D eigenvalue weighted by Gasteiger charge is 2.24. The molecule has 3 rings (SSSR count). The van der Waals surface area contributed by atoms with Crippen molar-refractivity contribution in [2.75, 3.05) is 38.2 Å². The monoisotopic (exact) mass is 343 g/mol. The van der Waals surface area contributed by atoms with E-state index < -0.39 is 0 Å². The van der Waals surface area contributed by atoms with Gasteiger partial charge < -0.3 is 15.0 Å². The van der Waals surface area contributed by atoms with Crippen LogP contribution in [-0.2, 0) is 6.54 Å². The summed E-state index contributed by atoms with van der Waals surface area (Å²) < 4.78 is 5.17. The number of thiocarbonyl (C=S) groups is 1. The van der Waals surface area contributed by atoms with E-state index in [4.69, 9.17) is 17.0 Å². The first-order valence-corrected chi connectivity index (χ1v) is 8.54. The quantitative estimate of drug-likeness (QED) is 0.856. The van der Waals surface area contributed by atoms with Crippen molar-refractivity contribution in [1.82, 2.24) is 10.2 Å². The molecular formula is C18H23N4OS+. The Morgan fingerprint density at radius 3 is 2.50 bits per heavy atom. The van der Waals surface area contributed by atoms with Gasteiger partial charge in [0.25, 0.3) is 5.82 Å². The van der Waals surface area contributed by atoms with Crippen LogP contribution < -0.4 is 19.9 Å². The van der Waals surface area contributed by atoms with Crippen LogP contribution in [0.4, 0.5) is 5.82 Å². The summed E-state index contributed by atoms with van der Waals surface area (Å²) in [5.41, 5.74) is 1.19. The predicted octanol–water partition coefficient (Wildman–Crippen LogP) is 1.71. The van der Waals surface area contributed by atoms with Crippen LogP contribution in [0.1, 0.15) is 5.56 Å². The van der Waals surface area contributed by atoms with Crippen molar-refractivity contribution in [3.05, 3.63) is 54.2 Å². The Bertz CT molecular complexity index is 654. The molecule has 2 heterocycles. The molecule has 0 saturated carbocycles. The molecule has 1 aromatic carbocycles. The van der Waals surface area contributed by atoms with Crippen LogP contribution in [0.25, 0.3) is 0 Å². The van der Waals surface area contributed by atoms with E-state index in [1.54, 1.807) is 7.11 Å². The van der Waals surface area contributed by atoms with E-state index in [2.05, 4.69) is 44.4 Å². The van der Waals surface area contributed by atoms with Crippen LogP contribution in [0, 0.1) is 0 Å². The SMILES string of the molecule is COc1ccc(CNC(=S)N2CCN(c3cccc[nH+]3)CC2)cc1. The van der Waals surface area contributed by atoms with E-state index in [0.717, 1.165) is 49.4 Å². The first kappa shape index (κ1) is 16.5. The van der Waals surface area contributed by atoms with Gasteiger partial charge in [-0.3, -0.25) is 4.90 Å². The minimum Gasteiger partial charge on any atom is -0.497 e. The lowest BCUT2D eigenvalue weighted by atomic mass is 10.2. The van der Waals surface area contributed by atoms with Crippen molar-refractivity contribution in [1.29, 1.82) is 0 Å². The van der Waals surface area contributed by atoms with Crippen molar-refractivity contribution >= 4 is 23.1 Å². The van der Waals surface area contributed by atoms with Crippen LogP contribution in [0.15, 0.2) is 48.7 Å². The molecule has 0 radical (unpaired) electrons. The molecule has 1 aromatic heterocycles. The molecule has 6 heteroatoms. The summed E-state index contributed by atoms with van der Waals surface area (Å²) >= 11 is 5.54. The molecule has 0 amide bonds. The van der Waals surface area contributed by atoms with E-state index in [0.29, 0.717) is 0 Å². The second-order valence-electron chi connectivity index (χ2n) is 5.73. The number of methoxy groups -OCH3 is 1. The second-order valence-corrected chi connectivity index (χ2v) is 6.12. The summed E-state index contributed by atoms with van der Waals surface area (Å²) in [6.45, 7) is 4.51. The summed E-state index contributed by atoms with van der Waals surface area (Å²) in [5.74, 6) is 2.03. The Hall–Kier alpha value is -2.34. The summed E-state index contributed by atoms with van der Waals surface area (Å²) in [4.78, 5) is 7.87. The van der Waals surface area contributed by atoms with Gasteiger partial charge in [-0.25, -0.2) is 4.98 Å². The highest BCUT2D eigenvalue weighted by atomic mass is 32.1. The smallest absolute Gasteiger partial charge is 0.274 e. The van der Waals surface area contributed by atoms with Gasteiger partial charge in [0.2, 0.25) is 0 Å². The van der Waals surface area contributed by atoms with Crippen LogP contribution in [0.5, 0.6) is 5.75 Å². The molecule has 0 aliphatic carbocycles. The van der Waals surface area contributed by atoms with E-state index in [9.17, 15) is 0 Å². The van der Waals surface area contributed by atoms with Gasteiger partial charge in [0.15, 0.2) is 5.11 Å². The number of rotatable bonds is 4. The first-order valence-electron chi connectivity index (χ1n) is 8.13. The van der Waals surface area contributed by atoms with Gasteiger partial charge in [0.1, 0.15) is 18.8 Å². The lowest BCUT2D eigenvalue weighted by Crippen LogP contribution is -2.52. The zero-order chi connectivity index (χ0) is 16.8. The molecule has 0 spiro atoms. The maximum absolute atomic E-state index is 5.54. The molecule has 1 saturated heterocycles. The highest BCUT2D eigenvalue weighted by Crippen LogP contribution is 2.12. The zero-order valence-electron chi connectivity index (χ0n) is 13.9. The van der Waals surface area contributed by atoms with E-state index in [1.165, 1.54) is 5.56 Å². The number of hydrogen-bond acceptors (Lipinski definition) is 3. The van der Waals surface area contributed by atoms with E-state index in [1.807, 2.05) is 24.4 Å². The number of piperazine rings is 1. The van der Waals surface area contributed by atoms with Crippen molar-refractivity contribution in [3.8, 4) is 5.75 Å². The fraction of sp³-hybridized carbons (Fsp3) is 0.333. The maximum atomic E-state index is 5.54. The van der Waals surface area contributed by atoms with Gasteiger partial charge in [-0.15, -0.1) is 0 Å². The third-order valence-corrected chi connectivity index (χ3v) is 4.61. The number of aromatic amines is 1. The number of anilines is 1. The molecule has 2 aromatic rings. The van der Waals surface area contributed by atoms with Gasteiger partial charge in [-0.05, 0) is 36.0 Å². The van der Waals surface area contributed by atoms with Gasteiger partial charge in [-0.1, -0.05) is 18.2 Å². The van der Waals surface area contributed by atoms with Crippen molar-refractivity contribution in [2.45, 2.75) is 6.54 Å². The largest absolute Gasteiger partial charge is 0.497 e. The number of aromatic nitrogens is 1. The molecule has 1 aliphatic rings. The van der Waals surface area contributed by atoms with Gasteiger partial charge >= 0.3 is 0 Å². The molecule has 2 N–H and O–H groups in total. The number of pyridine rings is 1. The van der Waals surface area contributed by atoms with Crippen LogP contribution in [0.2, 0.25) is 0 Å². The summed E-state index contributed by atoms with van der Waals surface area (Å²) in [6.07, 6.45) is 1.96. The van der Waals surface area contributed by atoms with Crippen molar-refractivity contribution < 1.29 is 9.72 Å². The zero-order valence-corrected chi connectivity index (χ0v) is 14.7. The third kappa shape index (κ3) is 4.14. The average molecular weight is 343 g/mol. The maximum Gasteiger partial charge on any atom is 0.274 e. The summed E-state index contributed by atoms with van der Waals surface area (Å²) in [6, 6.07) is 14.2. The normalized spacial score (nSPS) is 14.4. The van der Waals surface area contributed by atoms with Crippen molar-refractivity contribution in [2.24, 2.45) is 0 Å². The van der Waals surface area contributed by atoms with Gasteiger partial charge in [0, 0.05) is 12.6 Å². The summed E-state index contributed by atoms with van der Waals surface area (Å²) in [7, 11) is 1.68. The van der Waals surface area contributed by atoms with Crippen LogP contribution in [-0.4, -0.2) is 43.3 Å². The van der Waals surface area contributed by atoms with E-state index in [-0.39, 0.29) is 0 Å². The average Bonchev–Trinajstić information content (AvgIpc) is 2.67. The molecule has 5 nitrogen and oxygen atoms in total. The molecule has 126 valence electrons. The Labute approximate surface area is 148 Å². The van der Waals surface area contributed by atoms with Crippen molar-refractivity contribution in [3.63, 3.8) is 0 Å². The molecular weight excluding hydrogens is 320 g/mol. The molecule has 0 atom stereocenters. The predicted molar refractivity (Wildman–Crippen MR) is 99.2 cm³/mol. The minimum absolute atomic E-state index is 0.732. The number of nitrogens with one attached hydrogen (secondary N) is 2. The Morgan fingerprint density at radius 1 is 1.12 bits per heavy atom. The Morgan fingerprint density at radius 2 is 1.88 bits per heavy atom. The molecule has 24 heavy (non-hydrogen) atoms. The highest BCUT2D eigenvalue weighted by molar-refractivity contribution is 7.80. The molecule has 1 aliphatic heterocycles. The fourth-order valence-electron chi connectivity index (χ4n) is 2.76. The van der Waals surface area contributed by atoms with Crippen LogP contribution >= 0.6 is 12.2 Å². The number of H-pyrrole nitrogens is 1. The number of hydrogen-bond donors (Lipinski definition) is 1.